The van der Waals surface area contributed by atoms with Crippen molar-refractivity contribution in [1.29, 1.82) is 0 Å². The Labute approximate surface area is 135 Å². The lowest BCUT2D eigenvalue weighted by molar-refractivity contribution is -0.238. The average molecular weight is 338 g/mol. The van der Waals surface area contributed by atoms with Crippen LogP contribution in [0.3, 0.4) is 0 Å². The lowest BCUT2D eigenvalue weighted by Crippen LogP contribution is -2.46. The van der Waals surface area contributed by atoms with Crippen LogP contribution in [0.25, 0.3) is 0 Å². The van der Waals surface area contributed by atoms with Crippen LogP contribution in [-0.4, -0.2) is 46.3 Å². The molecule has 0 bridgehead atoms. The van der Waals surface area contributed by atoms with Gasteiger partial charge in [0.25, 0.3) is 5.12 Å². The Morgan fingerprint density at radius 2 is 1.91 bits per heavy atom. The first kappa shape index (κ1) is 17.0. The number of thioether (sulfide) groups is 1. The van der Waals surface area contributed by atoms with Gasteiger partial charge in [-0.3, -0.25) is 9.59 Å². The van der Waals surface area contributed by atoms with Crippen molar-refractivity contribution in [3.05, 3.63) is 35.9 Å². The molecule has 8 nitrogen and oxygen atoms in total. The molecule has 2 rings (SSSR count). The minimum Gasteiger partial charge on any atom is -0.318 e. The van der Waals surface area contributed by atoms with E-state index in [4.69, 9.17) is 5.73 Å². The SMILES string of the molecule is N[C@@H](Cc1ccccc1)C(=O)OOC(=O)N1CCSC(=O)C1=O. The number of hydrogen-bond donors (Lipinski definition) is 1. The van der Waals surface area contributed by atoms with Crippen molar-refractivity contribution in [2.45, 2.75) is 12.5 Å². The van der Waals surface area contributed by atoms with Crippen molar-refractivity contribution >= 4 is 34.8 Å². The molecule has 0 unspecified atom stereocenters. The number of rotatable bonds is 3. The van der Waals surface area contributed by atoms with E-state index in [1.807, 2.05) is 6.07 Å². The fourth-order valence-electron chi connectivity index (χ4n) is 1.81. The van der Waals surface area contributed by atoms with Crippen LogP contribution in [0.15, 0.2) is 30.3 Å². The summed E-state index contributed by atoms with van der Waals surface area (Å²) < 4.78 is 0. The Hall–Kier alpha value is -2.39. The largest absolute Gasteiger partial charge is 0.460 e. The number of nitrogens with two attached hydrogens (primary N) is 1. The summed E-state index contributed by atoms with van der Waals surface area (Å²) in [7, 11) is 0. The third kappa shape index (κ3) is 4.54. The van der Waals surface area contributed by atoms with E-state index in [0.717, 1.165) is 17.3 Å². The lowest BCUT2D eigenvalue weighted by Gasteiger charge is -2.21. The highest BCUT2D eigenvalue weighted by molar-refractivity contribution is 8.15. The van der Waals surface area contributed by atoms with E-state index < -0.39 is 29.1 Å². The molecule has 1 aromatic carbocycles. The summed E-state index contributed by atoms with van der Waals surface area (Å²) in [5.74, 6) is -1.69. The fourth-order valence-corrected chi connectivity index (χ4v) is 2.51. The summed E-state index contributed by atoms with van der Waals surface area (Å²) in [5.41, 5.74) is 6.48. The summed E-state index contributed by atoms with van der Waals surface area (Å²) in [6.07, 6.45) is -1.02. The molecule has 0 saturated carbocycles. The molecule has 0 spiro atoms. The van der Waals surface area contributed by atoms with Gasteiger partial charge in [0, 0.05) is 12.3 Å². The van der Waals surface area contributed by atoms with E-state index in [0.29, 0.717) is 4.90 Å². The maximum Gasteiger partial charge on any atom is 0.460 e. The van der Waals surface area contributed by atoms with Gasteiger partial charge in [-0.1, -0.05) is 42.1 Å². The van der Waals surface area contributed by atoms with Crippen LogP contribution >= 0.6 is 11.8 Å². The molecule has 23 heavy (non-hydrogen) atoms. The third-order valence-electron chi connectivity index (χ3n) is 2.98. The molecular weight excluding hydrogens is 324 g/mol. The van der Waals surface area contributed by atoms with Crippen LogP contribution in [0.2, 0.25) is 0 Å². The molecule has 0 aliphatic carbocycles. The molecule has 1 atom stereocenters. The van der Waals surface area contributed by atoms with Crippen molar-refractivity contribution in [2.24, 2.45) is 5.73 Å². The molecule has 1 fully saturated rings. The zero-order valence-electron chi connectivity index (χ0n) is 12.0. The van der Waals surface area contributed by atoms with E-state index in [1.165, 1.54) is 0 Å². The van der Waals surface area contributed by atoms with Gasteiger partial charge in [0.1, 0.15) is 6.04 Å². The van der Waals surface area contributed by atoms with Gasteiger partial charge in [-0.15, -0.1) is 0 Å². The second kappa shape index (κ2) is 7.75. The van der Waals surface area contributed by atoms with E-state index in [1.54, 1.807) is 24.3 Å². The maximum atomic E-state index is 11.7. The highest BCUT2D eigenvalue weighted by Crippen LogP contribution is 2.14. The molecule has 2 N–H and O–H groups in total. The molecule has 1 saturated heterocycles. The number of imide groups is 1. The van der Waals surface area contributed by atoms with Gasteiger partial charge < -0.3 is 5.73 Å². The van der Waals surface area contributed by atoms with Gasteiger partial charge in [0.2, 0.25) is 0 Å². The predicted molar refractivity (Wildman–Crippen MR) is 79.9 cm³/mol. The number of amides is 2. The fraction of sp³-hybridized carbons (Fsp3) is 0.286. The monoisotopic (exact) mass is 338 g/mol. The van der Waals surface area contributed by atoms with Crippen molar-refractivity contribution in [1.82, 2.24) is 4.90 Å². The number of nitrogens with zero attached hydrogens (tertiary/aromatic N) is 1. The highest BCUT2D eigenvalue weighted by atomic mass is 32.2. The van der Waals surface area contributed by atoms with Crippen molar-refractivity contribution in [3.63, 3.8) is 0 Å². The molecule has 9 heteroatoms. The number of carbonyl (C=O) groups excluding carboxylic acids is 4. The minimum atomic E-state index is -1.22. The summed E-state index contributed by atoms with van der Waals surface area (Å²) >= 11 is 0.812. The zero-order valence-corrected chi connectivity index (χ0v) is 12.8. The minimum absolute atomic E-state index is 0.00168. The van der Waals surface area contributed by atoms with Crippen LogP contribution in [0.5, 0.6) is 0 Å². The lowest BCUT2D eigenvalue weighted by atomic mass is 10.1. The Balaban J connectivity index is 1.82. The van der Waals surface area contributed by atoms with Crippen LogP contribution in [0.4, 0.5) is 4.79 Å². The Morgan fingerprint density at radius 1 is 1.22 bits per heavy atom. The second-order valence-electron chi connectivity index (χ2n) is 4.64. The van der Waals surface area contributed by atoms with E-state index in [-0.39, 0.29) is 18.7 Å². The van der Waals surface area contributed by atoms with Gasteiger partial charge in [0.05, 0.1) is 0 Å². The number of hydrogen-bond acceptors (Lipinski definition) is 8. The van der Waals surface area contributed by atoms with Crippen LogP contribution in [0.1, 0.15) is 5.56 Å². The van der Waals surface area contributed by atoms with Gasteiger partial charge >= 0.3 is 18.0 Å². The highest BCUT2D eigenvalue weighted by Gasteiger charge is 2.34. The molecule has 1 heterocycles. The Bertz CT molecular complexity index is 621. The molecule has 0 radical (unpaired) electrons. The van der Waals surface area contributed by atoms with Gasteiger partial charge in [-0.25, -0.2) is 24.3 Å². The van der Waals surface area contributed by atoms with Crippen molar-refractivity contribution < 1.29 is 29.0 Å². The molecule has 1 aliphatic heterocycles. The first-order valence-corrected chi connectivity index (χ1v) is 7.68. The van der Waals surface area contributed by atoms with Crippen molar-refractivity contribution in [2.75, 3.05) is 12.3 Å². The van der Waals surface area contributed by atoms with E-state index >= 15 is 0 Å². The average Bonchev–Trinajstić information content (AvgIpc) is 2.55. The molecule has 2 amide bonds. The third-order valence-corrected chi connectivity index (χ3v) is 3.81. The topological polar surface area (TPSA) is 116 Å². The summed E-state index contributed by atoms with van der Waals surface area (Å²) in [6.45, 7) is 0.00168. The predicted octanol–water partition coefficient (Wildman–Crippen LogP) is 0.253. The van der Waals surface area contributed by atoms with Crippen LogP contribution in [-0.2, 0) is 30.6 Å². The zero-order chi connectivity index (χ0) is 16.8. The normalized spacial score (nSPS) is 16.0. The molecule has 1 aromatic rings. The van der Waals surface area contributed by atoms with E-state index in [2.05, 4.69) is 9.78 Å². The van der Waals surface area contributed by atoms with Crippen LogP contribution < -0.4 is 5.73 Å². The standard InChI is InChI=1S/C14H14N2O6S/c15-10(8-9-4-2-1-3-5-9)12(18)21-22-14(20)16-6-7-23-13(19)11(16)17/h1-5,10H,6-8,15H2/t10-/m0/s1. The summed E-state index contributed by atoms with van der Waals surface area (Å²) in [5, 5.41) is -0.764. The molecule has 122 valence electrons. The first-order valence-electron chi connectivity index (χ1n) is 6.69. The van der Waals surface area contributed by atoms with Crippen LogP contribution in [0, 0.1) is 0 Å². The smallest absolute Gasteiger partial charge is 0.318 e. The molecule has 1 aliphatic rings. The quantitative estimate of drug-likeness (QED) is 0.474. The Kier molecular flexibility index (Phi) is 5.72. The van der Waals surface area contributed by atoms with Gasteiger partial charge in [-0.05, 0) is 12.0 Å². The molecular formula is C14H14N2O6S. The van der Waals surface area contributed by atoms with Gasteiger partial charge in [-0.2, -0.15) is 0 Å². The summed E-state index contributed by atoms with van der Waals surface area (Å²) in [6, 6.07) is 7.96. The number of benzene rings is 1. The number of carbonyl (C=O) groups is 4. The maximum absolute atomic E-state index is 11.7. The van der Waals surface area contributed by atoms with Gasteiger partial charge in [0.15, 0.2) is 0 Å². The molecule has 0 aromatic heterocycles. The summed E-state index contributed by atoms with van der Waals surface area (Å²) in [4.78, 5) is 55.2. The first-order chi connectivity index (χ1) is 11.0. The Morgan fingerprint density at radius 3 is 2.61 bits per heavy atom. The second-order valence-corrected chi connectivity index (χ2v) is 5.71. The van der Waals surface area contributed by atoms with E-state index in [9.17, 15) is 19.2 Å². The van der Waals surface area contributed by atoms with Crippen molar-refractivity contribution in [3.8, 4) is 0 Å².